The average molecular weight is 482 g/mol. The molecule has 0 N–H and O–H groups in total. The van der Waals surface area contributed by atoms with Crippen LogP contribution in [0.1, 0.15) is 17.5 Å². The Kier molecular flexibility index (Phi) is 7.10. The number of halogens is 6. The highest BCUT2D eigenvalue weighted by Crippen LogP contribution is 2.35. The predicted octanol–water partition coefficient (Wildman–Crippen LogP) is 8.97. The Morgan fingerprint density at radius 1 is 0.600 bits per heavy atom. The summed E-state index contributed by atoms with van der Waals surface area (Å²) in [5.74, 6) is -5.45. The third-order valence-corrected chi connectivity index (χ3v) is 5.81. The fourth-order valence-electron chi connectivity index (χ4n) is 3.94. The lowest BCUT2D eigenvalue weighted by molar-refractivity contribution is 0.440. The minimum Gasteiger partial charge on any atom is -0.246 e. The molecule has 0 bridgehead atoms. The quantitative estimate of drug-likeness (QED) is 0.182. The number of hydrogen-bond donors (Lipinski definition) is 0. The molecule has 35 heavy (non-hydrogen) atoms. The second-order valence-electron chi connectivity index (χ2n) is 8.09. The molecule has 0 spiro atoms. The van der Waals surface area contributed by atoms with Crippen molar-refractivity contribution in [1.82, 2.24) is 0 Å². The van der Waals surface area contributed by atoms with E-state index in [9.17, 15) is 26.3 Å². The van der Waals surface area contributed by atoms with Crippen LogP contribution >= 0.6 is 0 Å². The molecule has 0 saturated heterocycles. The van der Waals surface area contributed by atoms with Crippen LogP contribution in [0.25, 0.3) is 33.4 Å². The first kappa shape index (κ1) is 24.3. The first-order valence-electron chi connectivity index (χ1n) is 10.9. The van der Waals surface area contributed by atoms with Gasteiger partial charge in [0.1, 0.15) is 35.8 Å². The van der Waals surface area contributed by atoms with Crippen molar-refractivity contribution in [1.29, 1.82) is 0 Å². The van der Waals surface area contributed by atoms with Crippen LogP contribution < -0.4 is 0 Å². The first-order chi connectivity index (χ1) is 16.8. The summed E-state index contributed by atoms with van der Waals surface area (Å²) in [7, 11) is 0. The number of alkyl halides is 1. The molecule has 6 heteroatoms. The minimum atomic E-state index is -1.39. The van der Waals surface area contributed by atoms with Crippen LogP contribution in [0.5, 0.6) is 0 Å². The predicted molar refractivity (Wildman–Crippen MR) is 126 cm³/mol. The van der Waals surface area contributed by atoms with Crippen molar-refractivity contribution in [2.24, 2.45) is 0 Å². The van der Waals surface area contributed by atoms with Crippen molar-refractivity contribution in [3.63, 3.8) is 0 Å². The maximum atomic E-state index is 15.0. The monoisotopic (exact) mass is 482 g/mol. The SMILES string of the molecule is C=CCCc1ccc(-c2ccc(-c3cc(F)c(-c4cc(F)c(CF)c(F)c4)c(F)c3)c(F)c2)cc1. The first-order valence-corrected chi connectivity index (χ1v) is 10.9. The van der Waals surface area contributed by atoms with Crippen LogP contribution in [0.15, 0.2) is 79.4 Å². The molecule has 0 aliphatic carbocycles. The number of rotatable bonds is 7. The Morgan fingerprint density at radius 3 is 1.69 bits per heavy atom. The van der Waals surface area contributed by atoms with Crippen LogP contribution in [0.3, 0.4) is 0 Å². The molecule has 0 saturated carbocycles. The summed E-state index contributed by atoms with van der Waals surface area (Å²) in [6.45, 7) is 2.30. The highest BCUT2D eigenvalue weighted by Gasteiger charge is 2.19. The van der Waals surface area contributed by atoms with Crippen LogP contribution in [-0.4, -0.2) is 0 Å². The Balaban J connectivity index is 1.67. The van der Waals surface area contributed by atoms with E-state index in [4.69, 9.17) is 0 Å². The van der Waals surface area contributed by atoms with E-state index in [2.05, 4.69) is 6.58 Å². The Hall–Kier alpha value is -3.80. The third kappa shape index (κ3) is 5.02. The Labute approximate surface area is 199 Å². The summed E-state index contributed by atoms with van der Waals surface area (Å²) in [5.41, 5.74) is 0.455. The Morgan fingerprint density at radius 2 is 1.14 bits per heavy atom. The number of allylic oxidation sites excluding steroid dienone is 1. The van der Waals surface area contributed by atoms with Crippen molar-refractivity contribution in [3.05, 3.63) is 120 Å². The Bertz CT molecular complexity index is 1340. The van der Waals surface area contributed by atoms with Gasteiger partial charge in [-0.3, -0.25) is 0 Å². The summed E-state index contributed by atoms with van der Waals surface area (Å²) >= 11 is 0. The van der Waals surface area contributed by atoms with Crippen LogP contribution in [0.2, 0.25) is 0 Å². The lowest BCUT2D eigenvalue weighted by atomic mass is 9.95. The van der Waals surface area contributed by atoms with Gasteiger partial charge in [0.15, 0.2) is 0 Å². The molecule has 0 aromatic heterocycles. The zero-order valence-electron chi connectivity index (χ0n) is 18.5. The van der Waals surface area contributed by atoms with Gasteiger partial charge in [0.25, 0.3) is 0 Å². The van der Waals surface area contributed by atoms with Gasteiger partial charge < -0.3 is 0 Å². The van der Waals surface area contributed by atoms with E-state index in [1.54, 1.807) is 6.07 Å². The molecule has 178 valence electrons. The van der Waals surface area contributed by atoms with Crippen LogP contribution in [0, 0.1) is 29.1 Å². The molecule has 4 rings (SSSR count). The van der Waals surface area contributed by atoms with Gasteiger partial charge >= 0.3 is 0 Å². The molecule has 0 unspecified atom stereocenters. The summed E-state index contributed by atoms with van der Waals surface area (Å²) in [6.07, 6.45) is 3.53. The second kappa shape index (κ2) is 10.2. The van der Waals surface area contributed by atoms with E-state index in [0.717, 1.165) is 36.1 Å². The van der Waals surface area contributed by atoms with Gasteiger partial charge in [0.05, 0.1) is 11.1 Å². The van der Waals surface area contributed by atoms with Crippen molar-refractivity contribution < 1.29 is 26.3 Å². The van der Waals surface area contributed by atoms with E-state index >= 15 is 0 Å². The van der Waals surface area contributed by atoms with E-state index in [-0.39, 0.29) is 11.1 Å². The highest BCUT2D eigenvalue weighted by molar-refractivity contribution is 5.75. The maximum absolute atomic E-state index is 15.0. The molecule has 4 aromatic carbocycles. The number of hydrogen-bond acceptors (Lipinski definition) is 0. The molecule has 0 aliphatic rings. The van der Waals surface area contributed by atoms with Crippen molar-refractivity contribution in [3.8, 4) is 33.4 Å². The normalized spacial score (nSPS) is 11.0. The smallest absolute Gasteiger partial charge is 0.134 e. The van der Waals surface area contributed by atoms with Gasteiger partial charge in [-0.25, -0.2) is 26.3 Å². The van der Waals surface area contributed by atoms with Crippen molar-refractivity contribution in [2.45, 2.75) is 19.5 Å². The second-order valence-corrected chi connectivity index (χ2v) is 8.09. The highest BCUT2D eigenvalue weighted by atomic mass is 19.2. The standard InChI is InChI=1S/C29H20F6/c1-2-3-4-17-5-7-18(8-6-17)19-9-10-22(24(31)11-19)20-12-27(34)29(28(35)13-20)21-14-25(32)23(16-30)26(33)15-21/h2,5-15H,1,3-4,16H2. The van der Waals surface area contributed by atoms with Gasteiger partial charge in [-0.15, -0.1) is 6.58 Å². The van der Waals surface area contributed by atoms with E-state index in [1.165, 1.54) is 12.1 Å². The molecular formula is C29H20F6. The lowest BCUT2D eigenvalue weighted by Crippen LogP contribution is -1.98. The van der Waals surface area contributed by atoms with Crippen LogP contribution in [0.4, 0.5) is 26.3 Å². The third-order valence-electron chi connectivity index (χ3n) is 5.81. The van der Waals surface area contributed by atoms with Gasteiger partial charge in [0.2, 0.25) is 0 Å². The van der Waals surface area contributed by atoms with E-state index < -0.39 is 52.5 Å². The van der Waals surface area contributed by atoms with Crippen molar-refractivity contribution >= 4 is 0 Å². The largest absolute Gasteiger partial charge is 0.246 e. The van der Waals surface area contributed by atoms with Gasteiger partial charge in [0, 0.05) is 5.56 Å². The molecule has 0 amide bonds. The lowest BCUT2D eigenvalue weighted by Gasteiger charge is -2.12. The van der Waals surface area contributed by atoms with E-state index in [0.29, 0.717) is 17.7 Å². The molecule has 0 heterocycles. The maximum Gasteiger partial charge on any atom is 0.134 e. The minimum absolute atomic E-state index is 0.0363. The fourth-order valence-corrected chi connectivity index (χ4v) is 3.94. The summed E-state index contributed by atoms with van der Waals surface area (Å²) < 4.78 is 85.3. The number of aryl methyl sites for hydroxylation is 1. The molecular weight excluding hydrogens is 462 g/mol. The molecule has 4 aromatic rings. The summed E-state index contributed by atoms with van der Waals surface area (Å²) in [5, 5.41) is 0. The zero-order valence-corrected chi connectivity index (χ0v) is 18.5. The molecule has 0 aliphatic heterocycles. The van der Waals surface area contributed by atoms with Gasteiger partial charge in [-0.05, 0) is 71.0 Å². The summed E-state index contributed by atoms with van der Waals surface area (Å²) in [6, 6.07) is 15.1. The average Bonchev–Trinajstić information content (AvgIpc) is 2.82. The molecule has 0 nitrogen and oxygen atoms in total. The number of benzene rings is 4. The molecule has 0 atom stereocenters. The van der Waals surface area contributed by atoms with Crippen LogP contribution in [-0.2, 0) is 13.1 Å². The van der Waals surface area contributed by atoms with E-state index in [1.807, 2.05) is 30.3 Å². The zero-order chi connectivity index (χ0) is 25.1. The van der Waals surface area contributed by atoms with Gasteiger partial charge in [-0.1, -0.05) is 42.5 Å². The summed E-state index contributed by atoms with van der Waals surface area (Å²) in [4.78, 5) is 0. The van der Waals surface area contributed by atoms with Gasteiger partial charge in [-0.2, -0.15) is 0 Å². The van der Waals surface area contributed by atoms with Crippen molar-refractivity contribution in [2.75, 3.05) is 0 Å². The molecule has 0 fully saturated rings. The fraction of sp³-hybridized carbons (Fsp3) is 0.103. The molecule has 0 radical (unpaired) electrons. The topological polar surface area (TPSA) is 0 Å².